The SMILES string of the molecule is CNC(=O)c1ccc(-c2ccc3cc(-c4nn5cc(C(=O)N6CC7CC8CC6[C@H]87)cc(F)c5c4C)n(CC4CC4)c3n2)cn1. The molecule has 0 aromatic carbocycles. The van der Waals surface area contributed by atoms with E-state index in [1.807, 2.05) is 30.0 Å². The highest BCUT2D eigenvalue weighted by Crippen LogP contribution is 2.60. The van der Waals surface area contributed by atoms with E-state index >= 15 is 4.39 Å². The average molecular weight is 590 g/mol. The van der Waals surface area contributed by atoms with Gasteiger partial charge in [-0.15, -0.1) is 0 Å². The van der Waals surface area contributed by atoms with Crippen molar-refractivity contribution in [2.45, 2.75) is 45.2 Å². The summed E-state index contributed by atoms with van der Waals surface area (Å²) in [7, 11) is 1.58. The molecule has 222 valence electrons. The zero-order valence-corrected chi connectivity index (χ0v) is 24.6. The predicted molar refractivity (Wildman–Crippen MR) is 162 cm³/mol. The van der Waals surface area contributed by atoms with E-state index in [1.165, 1.54) is 12.5 Å². The number of aromatic nitrogens is 5. The molecule has 0 radical (unpaired) electrons. The van der Waals surface area contributed by atoms with E-state index in [0.29, 0.717) is 46.3 Å². The summed E-state index contributed by atoms with van der Waals surface area (Å²) in [5.74, 6) is 1.87. The Bertz CT molecular complexity index is 2030. The monoisotopic (exact) mass is 589 g/mol. The van der Waals surface area contributed by atoms with Crippen LogP contribution in [0.4, 0.5) is 4.39 Å². The molecule has 2 amide bonds. The van der Waals surface area contributed by atoms with Gasteiger partial charge in [0, 0.05) is 55.1 Å². The smallest absolute Gasteiger partial charge is 0.269 e. The molecule has 5 aromatic rings. The second-order valence-electron chi connectivity index (χ2n) is 13.1. The number of carbonyl (C=O) groups excluding carboxylic acids is 2. The molecule has 3 unspecified atom stereocenters. The Hall–Kier alpha value is -4.60. The van der Waals surface area contributed by atoms with Crippen molar-refractivity contribution in [2.24, 2.45) is 23.7 Å². The number of carbonyl (C=O) groups is 2. The van der Waals surface area contributed by atoms with Gasteiger partial charge >= 0.3 is 0 Å². The quantitative estimate of drug-likeness (QED) is 0.297. The first-order valence-corrected chi connectivity index (χ1v) is 15.6. The number of likely N-dealkylation sites (tertiary alicyclic amines) is 1. The van der Waals surface area contributed by atoms with Gasteiger partial charge in [0.2, 0.25) is 0 Å². The summed E-state index contributed by atoms with van der Waals surface area (Å²) in [5.41, 5.74) is 5.79. The second kappa shape index (κ2) is 9.20. The average Bonchev–Trinajstić information content (AvgIpc) is 3.69. The topological polar surface area (TPSA) is 97.4 Å². The fraction of sp³-hybridized carbons (Fsp3) is 0.382. The number of hydrogen-bond donors (Lipinski definition) is 1. The Labute approximate surface area is 253 Å². The second-order valence-corrected chi connectivity index (χ2v) is 13.1. The van der Waals surface area contributed by atoms with Gasteiger partial charge in [0.1, 0.15) is 28.4 Å². The number of nitrogens with zero attached hydrogens (tertiary/aromatic N) is 6. The lowest BCUT2D eigenvalue weighted by atomic mass is 9.53. The van der Waals surface area contributed by atoms with Crippen LogP contribution in [-0.2, 0) is 6.54 Å². The van der Waals surface area contributed by atoms with Gasteiger partial charge in [-0.1, -0.05) is 0 Å². The molecule has 4 atom stereocenters. The van der Waals surface area contributed by atoms with Gasteiger partial charge in [0.05, 0.1) is 17.0 Å². The lowest BCUT2D eigenvalue weighted by Gasteiger charge is -2.52. The van der Waals surface area contributed by atoms with Crippen LogP contribution in [-0.4, -0.2) is 60.5 Å². The molecule has 0 bridgehead atoms. The molecule has 6 heterocycles. The maximum absolute atomic E-state index is 15.7. The molecule has 0 spiro atoms. The van der Waals surface area contributed by atoms with Gasteiger partial charge in [-0.25, -0.2) is 13.9 Å². The summed E-state index contributed by atoms with van der Waals surface area (Å²) >= 11 is 0. The third-order valence-corrected chi connectivity index (χ3v) is 10.6. The van der Waals surface area contributed by atoms with Crippen molar-refractivity contribution in [3.8, 4) is 22.6 Å². The van der Waals surface area contributed by atoms with Gasteiger partial charge in [-0.05, 0) is 92.7 Å². The summed E-state index contributed by atoms with van der Waals surface area (Å²) < 4.78 is 19.5. The lowest BCUT2D eigenvalue weighted by Crippen LogP contribution is -2.53. The molecule has 1 N–H and O–H groups in total. The lowest BCUT2D eigenvalue weighted by molar-refractivity contribution is -0.0204. The van der Waals surface area contributed by atoms with Crippen LogP contribution >= 0.6 is 0 Å². The van der Waals surface area contributed by atoms with E-state index in [-0.39, 0.29) is 11.8 Å². The highest BCUT2D eigenvalue weighted by Gasteiger charge is 2.61. The summed E-state index contributed by atoms with van der Waals surface area (Å²) in [6.07, 6.45) is 8.00. The van der Waals surface area contributed by atoms with E-state index in [2.05, 4.69) is 20.9 Å². The largest absolute Gasteiger partial charge is 0.354 e. The van der Waals surface area contributed by atoms with Gasteiger partial charge in [-0.3, -0.25) is 14.6 Å². The van der Waals surface area contributed by atoms with Gasteiger partial charge in [-0.2, -0.15) is 5.10 Å². The Morgan fingerprint density at radius 3 is 2.68 bits per heavy atom. The van der Waals surface area contributed by atoms with E-state index in [9.17, 15) is 9.59 Å². The van der Waals surface area contributed by atoms with Crippen molar-refractivity contribution in [2.75, 3.05) is 13.6 Å². The highest BCUT2D eigenvalue weighted by molar-refractivity contribution is 5.95. The van der Waals surface area contributed by atoms with E-state index < -0.39 is 5.82 Å². The first kappa shape index (κ1) is 25.9. The molecule has 4 aliphatic rings. The molecule has 4 fully saturated rings. The molecule has 3 aliphatic carbocycles. The number of hydrogen-bond acceptors (Lipinski definition) is 5. The van der Waals surface area contributed by atoms with Crippen molar-refractivity contribution in [3.05, 3.63) is 71.4 Å². The third kappa shape index (κ3) is 3.72. The Kier molecular flexibility index (Phi) is 5.41. The van der Waals surface area contributed by atoms with Crippen molar-refractivity contribution in [1.82, 2.24) is 34.4 Å². The zero-order valence-electron chi connectivity index (χ0n) is 24.6. The van der Waals surface area contributed by atoms with Crippen molar-refractivity contribution in [3.63, 3.8) is 0 Å². The number of rotatable bonds is 6. The van der Waals surface area contributed by atoms with Crippen molar-refractivity contribution < 1.29 is 14.0 Å². The van der Waals surface area contributed by atoms with Crippen molar-refractivity contribution in [1.29, 1.82) is 0 Å². The normalized spacial score (nSPS) is 23.5. The Morgan fingerprint density at radius 1 is 1.09 bits per heavy atom. The molecular formula is C34H32FN7O2. The molecule has 10 heteroatoms. The number of halogens is 1. The minimum absolute atomic E-state index is 0.0872. The number of amides is 2. The molecule has 9 rings (SSSR count). The predicted octanol–water partition coefficient (Wildman–Crippen LogP) is 5.11. The third-order valence-electron chi connectivity index (χ3n) is 10.6. The summed E-state index contributed by atoms with van der Waals surface area (Å²) in [6.45, 7) is 3.48. The van der Waals surface area contributed by atoms with Crippen LogP contribution in [0.3, 0.4) is 0 Å². The number of pyridine rings is 3. The molecule has 3 saturated carbocycles. The molecule has 5 aromatic heterocycles. The fourth-order valence-electron chi connectivity index (χ4n) is 8.03. The maximum Gasteiger partial charge on any atom is 0.269 e. The first-order valence-electron chi connectivity index (χ1n) is 15.6. The summed E-state index contributed by atoms with van der Waals surface area (Å²) in [5, 5.41) is 8.45. The maximum atomic E-state index is 15.7. The van der Waals surface area contributed by atoms with Crippen LogP contribution in [0.15, 0.2) is 48.8 Å². The van der Waals surface area contributed by atoms with Gasteiger partial charge < -0.3 is 14.8 Å². The van der Waals surface area contributed by atoms with Crippen molar-refractivity contribution >= 4 is 28.4 Å². The van der Waals surface area contributed by atoms with Crippen LogP contribution < -0.4 is 5.32 Å². The standard InChI is InChI=1S/C34H32FN7O2/c1-17-30(39-42-16-23(10-24(35)31(17)42)34(44)41-15-22-9-21-12-27(41)29(21)22)28-11-19-5-7-25(38-32(19)40(28)14-18-3-4-18)20-6-8-26(37-13-20)33(43)36-2/h5-8,10-11,13,16,18,21-22,27,29H,3-4,9,12,14-15H2,1-2H3,(H,36,43)/t21?,22?,27?,29-/m1/s1. The molecule has 9 nitrogen and oxygen atoms in total. The number of nitrogens with one attached hydrogen (secondary N) is 1. The summed E-state index contributed by atoms with van der Waals surface area (Å²) in [4.78, 5) is 36.8. The van der Waals surface area contributed by atoms with Crippen LogP contribution in [0, 0.1) is 36.4 Å². The van der Waals surface area contributed by atoms with Crippen LogP contribution in [0.25, 0.3) is 39.2 Å². The molecule has 1 aliphatic heterocycles. The van der Waals surface area contributed by atoms with Crippen LogP contribution in [0.2, 0.25) is 0 Å². The number of aryl methyl sites for hydroxylation is 1. The molecule has 1 saturated heterocycles. The van der Waals surface area contributed by atoms with Crippen LogP contribution in [0.5, 0.6) is 0 Å². The first-order chi connectivity index (χ1) is 21.4. The Balaban J connectivity index is 1.11. The highest BCUT2D eigenvalue weighted by atomic mass is 19.1. The fourth-order valence-corrected chi connectivity index (χ4v) is 8.03. The molecular weight excluding hydrogens is 557 g/mol. The van der Waals surface area contributed by atoms with Crippen LogP contribution in [0.1, 0.15) is 52.1 Å². The van der Waals surface area contributed by atoms with E-state index in [0.717, 1.165) is 71.8 Å². The minimum Gasteiger partial charge on any atom is -0.354 e. The Morgan fingerprint density at radius 2 is 1.95 bits per heavy atom. The zero-order chi connectivity index (χ0) is 29.9. The van der Waals surface area contributed by atoms with E-state index in [4.69, 9.17) is 10.1 Å². The van der Waals surface area contributed by atoms with Gasteiger partial charge in [0.15, 0.2) is 0 Å². The molecule has 44 heavy (non-hydrogen) atoms. The minimum atomic E-state index is -0.432. The number of fused-ring (bicyclic) bond motifs is 2. The van der Waals surface area contributed by atoms with Gasteiger partial charge in [0.25, 0.3) is 11.8 Å². The summed E-state index contributed by atoms with van der Waals surface area (Å²) in [6, 6.07) is 11.3. The van der Waals surface area contributed by atoms with E-state index in [1.54, 1.807) is 30.0 Å².